The first kappa shape index (κ1) is 22.6. The molecule has 0 spiro atoms. The van der Waals surface area contributed by atoms with E-state index in [0.717, 1.165) is 29.4 Å². The molecule has 0 saturated heterocycles. The van der Waals surface area contributed by atoms with Gasteiger partial charge < -0.3 is 19.9 Å². The van der Waals surface area contributed by atoms with Gasteiger partial charge in [0.2, 0.25) is 5.88 Å². The van der Waals surface area contributed by atoms with Gasteiger partial charge in [0.05, 0.1) is 6.10 Å². The summed E-state index contributed by atoms with van der Waals surface area (Å²) in [5.74, 6) is 1.81. The number of rotatable bonds is 9. The second kappa shape index (κ2) is 9.78. The topological polar surface area (TPSA) is 86.4 Å². The smallest absolute Gasteiger partial charge is 0.253 e. The van der Waals surface area contributed by atoms with Gasteiger partial charge in [-0.1, -0.05) is 0 Å². The lowest BCUT2D eigenvalue weighted by Crippen LogP contribution is -2.29. The number of nitrogens with zero attached hydrogens (tertiary/aromatic N) is 4. The minimum Gasteiger partial charge on any atom is -0.474 e. The maximum atomic E-state index is 12.9. The summed E-state index contributed by atoms with van der Waals surface area (Å²) < 4.78 is 5.96. The SMILES string of the molecule is Cc1cc(Nc2cc3cc(C(=O)N(C)CCCN(C)C)ccc3c(OC(C)C)n2)n[nH]1. The molecule has 0 fully saturated rings. The van der Waals surface area contributed by atoms with Crippen molar-refractivity contribution in [3.63, 3.8) is 0 Å². The Morgan fingerprint density at radius 3 is 2.55 bits per heavy atom. The van der Waals surface area contributed by atoms with Crippen molar-refractivity contribution in [3.05, 3.63) is 41.6 Å². The van der Waals surface area contributed by atoms with Gasteiger partial charge in [-0.2, -0.15) is 10.1 Å². The van der Waals surface area contributed by atoms with Crippen LogP contribution in [0.2, 0.25) is 0 Å². The van der Waals surface area contributed by atoms with Gasteiger partial charge in [-0.05, 0) is 77.5 Å². The molecular weight excluding hydrogens is 392 g/mol. The van der Waals surface area contributed by atoms with E-state index >= 15 is 0 Å². The zero-order chi connectivity index (χ0) is 22.5. The Kier molecular flexibility index (Phi) is 7.12. The van der Waals surface area contributed by atoms with Crippen molar-refractivity contribution in [3.8, 4) is 5.88 Å². The average molecular weight is 425 g/mol. The molecule has 0 saturated carbocycles. The fraction of sp³-hybridized carbons (Fsp3) is 0.435. The summed E-state index contributed by atoms with van der Waals surface area (Å²) >= 11 is 0. The number of aromatic amines is 1. The van der Waals surface area contributed by atoms with Crippen molar-refractivity contribution in [2.24, 2.45) is 0 Å². The number of nitrogens with one attached hydrogen (secondary N) is 2. The first-order valence-electron chi connectivity index (χ1n) is 10.5. The zero-order valence-electron chi connectivity index (χ0n) is 19.2. The molecule has 1 amide bonds. The summed E-state index contributed by atoms with van der Waals surface area (Å²) in [6, 6.07) is 9.46. The molecule has 0 aliphatic heterocycles. The number of pyridine rings is 1. The Labute approximate surface area is 183 Å². The molecule has 166 valence electrons. The Hall–Kier alpha value is -3.13. The second-order valence-electron chi connectivity index (χ2n) is 8.36. The van der Waals surface area contributed by atoms with Crippen LogP contribution in [0.4, 0.5) is 11.6 Å². The third kappa shape index (κ3) is 5.95. The van der Waals surface area contributed by atoms with Gasteiger partial charge in [0, 0.05) is 36.3 Å². The van der Waals surface area contributed by atoms with E-state index in [1.807, 2.05) is 72.2 Å². The maximum Gasteiger partial charge on any atom is 0.253 e. The second-order valence-corrected chi connectivity index (χ2v) is 8.36. The van der Waals surface area contributed by atoms with Gasteiger partial charge in [0.1, 0.15) is 5.82 Å². The predicted molar refractivity (Wildman–Crippen MR) is 124 cm³/mol. The summed E-state index contributed by atoms with van der Waals surface area (Å²) in [5, 5.41) is 12.1. The molecular formula is C23H32N6O2. The van der Waals surface area contributed by atoms with Crippen LogP contribution in [0.3, 0.4) is 0 Å². The number of carbonyl (C=O) groups is 1. The molecule has 3 aromatic rings. The molecule has 0 radical (unpaired) electrons. The van der Waals surface area contributed by atoms with Crippen molar-refractivity contribution in [1.82, 2.24) is 25.0 Å². The van der Waals surface area contributed by atoms with E-state index in [1.165, 1.54) is 0 Å². The molecule has 8 nitrogen and oxygen atoms in total. The largest absolute Gasteiger partial charge is 0.474 e. The summed E-state index contributed by atoms with van der Waals surface area (Å²) in [5.41, 5.74) is 1.59. The molecule has 0 unspecified atom stereocenters. The number of amides is 1. The normalized spacial score (nSPS) is 11.4. The number of H-pyrrole nitrogens is 1. The van der Waals surface area contributed by atoms with Crippen LogP contribution in [-0.4, -0.2) is 71.2 Å². The van der Waals surface area contributed by atoms with Crippen LogP contribution in [0.1, 0.15) is 36.3 Å². The van der Waals surface area contributed by atoms with E-state index < -0.39 is 0 Å². The molecule has 2 heterocycles. The highest BCUT2D eigenvalue weighted by Crippen LogP contribution is 2.30. The number of hydrogen-bond donors (Lipinski definition) is 2. The fourth-order valence-electron chi connectivity index (χ4n) is 3.30. The van der Waals surface area contributed by atoms with Crippen molar-refractivity contribution in [1.29, 1.82) is 0 Å². The molecule has 0 aliphatic rings. The van der Waals surface area contributed by atoms with E-state index in [9.17, 15) is 4.79 Å². The van der Waals surface area contributed by atoms with E-state index in [2.05, 4.69) is 25.4 Å². The lowest BCUT2D eigenvalue weighted by molar-refractivity contribution is 0.0791. The lowest BCUT2D eigenvalue weighted by Gasteiger charge is -2.19. The minimum atomic E-state index is -0.0253. The van der Waals surface area contributed by atoms with Crippen LogP contribution in [0.5, 0.6) is 5.88 Å². The number of ether oxygens (including phenoxy) is 1. The summed E-state index contributed by atoms with van der Waals surface area (Å²) in [4.78, 5) is 21.5. The van der Waals surface area contributed by atoms with Crippen molar-refractivity contribution < 1.29 is 9.53 Å². The van der Waals surface area contributed by atoms with Crippen LogP contribution in [0.15, 0.2) is 30.3 Å². The van der Waals surface area contributed by atoms with E-state index in [4.69, 9.17) is 4.74 Å². The van der Waals surface area contributed by atoms with Crippen LogP contribution < -0.4 is 10.1 Å². The molecule has 3 rings (SSSR count). The maximum absolute atomic E-state index is 12.9. The molecule has 31 heavy (non-hydrogen) atoms. The molecule has 2 N–H and O–H groups in total. The van der Waals surface area contributed by atoms with E-state index in [1.54, 1.807) is 4.90 Å². The van der Waals surface area contributed by atoms with Gasteiger partial charge >= 0.3 is 0 Å². The van der Waals surface area contributed by atoms with Crippen LogP contribution >= 0.6 is 0 Å². The van der Waals surface area contributed by atoms with Gasteiger partial charge in [-0.3, -0.25) is 9.89 Å². The third-order valence-electron chi connectivity index (χ3n) is 4.80. The number of carbonyl (C=O) groups excluding carboxylic acids is 1. The van der Waals surface area contributed by atoms with Gasteiger partial charge in [0.15, 0.2) is 5.82 Å². The molecule has 0 atom stereocenters. The molecule has 8 heteroatoms. The van der Waals surface area contributed by atoms with Crippen molar-refractivity contribution in [2.75, 3.05) is 39.5 Å². The number of benzene rings is 1. The van der Waals surface area contributed by atoms with E-state index in [0.29, 0.717) is 29.6 Å². The fourth-order valence-corrected chi connectivity index (χ4v) is 3.30. The first-order valence-corrected chi connectivity index (χ1v) is 10.5. The number of aryl methyl sites for hydroxylation is 1. The summed E-state index contributed by atoms with van der Waals surface area (Å²) in [7, 11) is 5.91. The Morgan fingerprint density at radius 2 is 1.90 bits per heavy atom. The summed E-state index contributed by atoms with van der Waals surface area (Å²) in [6.45, 7) is 7.51. The van der Waals surface area contributed by atoms with Crippen molar-refractivity contribution >= 4 is 28.3 Å². The van der Waals surface area contributed by atoms with Crippen molar-refractivity contribution in [2.45, 2.75) is 33.3 Å². The monoisotopic (exact) mass is 424 g/mol. The number of hydrogen-bond acceptors (Lipinski definition) is 6. The van der Waals surface area contributed by atoms with Crippen LogP contribution in [0.25, 0.3) is 10.8 Å². The molecule has 2 aromatic heterocycles. The molecule has 0 bridgehead atoms. The van der Waals surface area contributed by atoms with Crippen LogP contribution in [-0.2, 0) is 0 Å². The standard InChI is InChI=1S/C23H32N6O2/c1-15(2)31-22-19-9-8-17(23(30)29(6)11-7-10-28(4)5)13-18(19)14-20(25-22)24-21-12-16(3)26-27-21/h8-9,12-15H,7,10-11H2,1-6H3,(H2,24,25,26,27). The average Bonchev–Trinajstić information content (AvgIpc) is 3.10. The highest BCUT2D eigenvalue weighted by atomic mass is 16.5. The van der Waals surface area contributed by atoms with Crippen LogP contribution in [0, 0.1) is 6.92 Å². The van der Waals surface area contributed by atoms with Gasteiger partial charge in [-0.15, -0.1) is 0 Å². The Bertz CT molecular complexity index is 1040. The number of fused-ring (bicyclic) bond motifs is 1. The molecule has 1 aromatic carbocycles. The highest BCUT2D eigenvalue weighted by molar-refractivity contribution is 6.00. The van der Waals surface area contributed by atoms with Gasteiger partial charge in [-0.25, -0.2) is 0 Å². The Morgan fingerprint density at radius 1 is 1.13 bits per heavy atom. The first-order chi connectivity index (χ1) is 14.7. The number of anilines is 2. The third-order valence-corrected chi connectivity index (χ3v) is 4.80. The quantitative estimate of drug-likeness (QED) is 0.543. The highest BCUT2D eigenvalue weighted by Gasteiger charge is 2.15. The Balaban J connectivity index is 1.90. The molecule has 0 aliphatic carbocycles. The predicted octanol–water partition coefficient (Wildman–Crippen LogP) is 3.82. The zero-order valence-corrected chi connectivity index (χ0v) is 19.2. The van der Waals surface area contributed by atoms with E-state index in [-0.39, 0.29) is 12.0 Å². The number of aromatic nitrogens is 3. The van der Waals surface area contributed by atoms with Gasteiger partial charge in [0.25, 0.3) is 5.91 Å². The summed E-state index contributed by atoms with van der Waals surface area (Å²) in [6.07, 6.45) is 0.902. The lowest BCUT2D eigenvalue weighted by atomic mass is 10.1. The minimum absolute atomic E-state index is 0.00114.